The monoisotopic (exact) mass is 462 g/mol. The zero-order valence-electron chi connectivity index (χ0n) is 19.9. The number of rotatable bonds is 11. The summed E-state index contributed by atoms with van der Waals surface area (Å²) in [5.41, 5.74) is 2.00. The van der Waals surface area contributed by atoms with E-state index in [9.17, 15) is 9.59 Å². The van der Waals surface area contributed by atoms with Gasteiger partial charge in [-0.05, 0) is 55.7 Å². The second-order valence-corrected chi connectivity index (χ2v) is 8.96. The number of pyridine rings is 1. The highest BCUT2D eigenvalue weighted by Gasteiger charge is 2.27. The van der Waals surface area contributed by atoms with E-state index in [1.165, 1.54) is 0 Å². The van der Waals surface area contributed by atoms with E-state index in [1.54, 1.807) is 12.3 Å². The van der Waals surface area contributed by atoms with Gasteiger partial charge >= 0.3 is 0 Å². The zero-order chi connectivity index (χ0) is 23.8. The summed E-state index contributed by atoms with van der Waals surface area (Å²) >= 11 is 0. The van der Waals surface area contributed by atoms with Crippen molar-refractivity contribution in [2.75, 3.05) is 13.1 Å². The van der Waals surface area contributed by atoms with E-state index in [-0.39, 0.29) is 17.7 Å². The lowest BCUT2D eigenvalue weighted by atomic mass is 10.1. The SMILES string of the molecule is CCCN(Cc1cccn1Cc1ccc(C(=O)NCCc2ccccn2)o1)C(=O)C1CCCC1. The van der Waals surface area contributed by atoms with E-state index in [0.717, 1.165) is 50.0 Å². The van der Waals surface area contributed by atoms with Gasteiger partial charge in [0.15, 0.2) is 5.76 Å². The van der Waals surface area contributed by atoms with Crippen LogP contribution in [0.25, 0.3) is 0 Å². The molecular formula is C27H34N4O3. The van der Waals surface area contributed by atoms with Crippen molar-refractivity contribution in [1.82, 2.24) is 19.8 Å². The average molecular weight is 463 g/mol. The fourth-order valence-electron chi connectivity index (χ4n) is 4.60. The van der Waals surface area contributed by atoms with Gasteiger partial charge in [0, 0.05) is 49.2 Å². The van der Waals surface area contributed by atoms with E-state index in [0.29, 0.717) is 37.6 Å². The largest absolute Gasteiger partial charge is 0.454 e. The third kappa shape index (κ3) is 6.16. The van der Waals surface area contributed by atoms with Crippen LogP contribution in [0.4, 0.5) is 0 Å². The third-order valence-electron chi connectivity index (χ3n) is 6.39. The van der Waals surface area contributed by atoms with Gasteiger partial charge in [0.25, 0.3) is 5.91 Å². The Morgan fingerprint density at radius 2 is 2.00 bits per heavy atom. The van der Waals surface area contributed by atoms with Crippen LogP contribution >= 0.6 is 0 Å². The summed E-state index contributed by atoms with van der Waals surface area (Å²) in [6, 6.07) is 13.3. The van der Waals surface area contributed by atoms with Crippen LogP contribution in [0.1, 0.15) is 66.7 Å². The molecule has 1 N–H and O–H groups in total. The first-order chi connectivity index (χ1) is 16.6. The van der Waals surface area contributed by atoms with Gasteiger partial charge < -0.3 is 19.2 Å². The summed E-state index contributed by atoms with van der Waals surface area (Å²) in [6.45, 7) is 4.48. The third-order valence-corrected chi connectivity index (χ3v) is 6.39. The topological polar surface area (TPSA) is 80.4 Å². The Balaban J connectivity index is 1.33. The Kier molecular flexibility index (Phi) is 8.17. The number of nitrogens with one attached hydrogen (secondary N) is 1. The predicted molar refractivity (Wildman–Crippen MR) is 130 cm³/mol. The fraction of sp³-hybridized carbons (Fsp3) is 0.444. The number of nitrogens with zero attached hydrogens (tertiary/aromatic N) is 3. The van der Waals surface area contributed by atoms with Gasteiger partial charge in [0.05, 0.1) is 13.1 Å². The molecule has 0 aromatic carbocycles. The van der Waals surface area contributed by atoms with Gasteiger partial charge in [-0.3, -0.25) is 14.6 Å². The van der Waals surface area contributed by atoms with Gasteiger partial charge in [-0.2, -0.15) is 0 Å². The van der Waals surface area contributed by atoms with Crippen molar-refractivity contribution in [1.29, 1.82) is 0 Å². The van der Waals surface area contributed by atoms with Crippen LogP contribution in [0.5, 0.6) is 0 Å². The van der Waals surface area contributed by atoms with E-state index in [2.05, 4.69) is 27.9 Å². The molecule has 1 aliphatic carbocycles. The molecule has 0 bridgehead atoms. The van der Waals surface area contributed by atoms with E-state index >= 15 is 0 Å². The Bertz CT molecular complexity index is 1070. The highest BCUT2D eigenvalue weighted by atomic mass is 16.4. The molecule has 2 amide bonds. The molecule has 7 nitrogen and oxygen atoms in total. The molecule has 0 aliphatic heterocycles. The number of furan rings is 1. The predicted octanol–water partition coefficient (Wildman–Crippen LogP) is 4.43. The van der Waals surface area contributed by atoms with Crippen LogP contribution in [-0.4, -0.2) is 39.4 Å². The van der Waals surface area contributed by atoms with Crippen LogP contribution in [-0.2, 0) is 24.3 Å². The highest BCUT2D eigenvalue weighted by molar-refractivity contribution is 5.91. The van der Waals surface area contributed by atoms with Gasteiger partial charge in [-0.1, -0.05) is 25.8 Å². The maximum Gasteiger partial charge on any atom is 0.287 e. The number of hydrogen-bond acceptors (Lipinski definition) is 4. The van der Waals surface area contributed by atoms with Gasteiger partial charge in [0.1, 0.15) is 5.76 Å². The molecule has 0 radical (unpaired) electrons. The van der Waals surface area contributed by atoms with Crippen LogP contribution in [0.15, 0.2) is 59.3 Å². The minimum absolute atomic E-state index is 0.179. The first kappa shape index (κ1) is 23.8. The number of hydrogen-bond donors (Lipinski definition) is 1. The molecule has 0 atom stereocenters. The highest BCUT2D eigenvalue weighted by Crippen LogP contribution is 2.27. The number of aromatic nitrogens is 2. The summed E-state index contributed by atoms with van der Waals surface area (Å²) in [6.07, 6.45) is 9.69. The molecule has 0 unspecified atom stereocenters. The molecule has 1 aliphatic rings. The molecule has 180 valence electrons. The summed E-state index contributed by atoms with van der Waals surface area (Å²) in [5.74, 6) is 1.24. The van der Waals surface area contributed by atoms with Crippen molar-refractivity contribution >= 4 is 11.8 Å². The fourth-order valence-corrected chi connectivity index (χ4v) is 4.60. The molecule has 1 saturated carbocycles. The summed E-state index contributed by atoms with van der Waals surface area (Å²) in [7, 11) is 0. The molecule has 1 fully saturated rings. The lowest BCUT2D eigenvalue weighted by Crippen LogP contribution is -2.36. The summed E-state index contributed by atoms with van der Waals surface area (Å²) < 4.78 is 7.92. The van der Waals surface area contributed by atoms with Crippen molar-refractivity contribution in [3.63, 3.8) is 0 Å². The molecule has 4 rings (SSSR count). The van der Waals surface area contributed by atoms with Crippen LogP contribution < -0.4 is 5.32 Å². The second-order valence-electron chi connectivity index (χ2n) is 8.96. The number of carbonyl (C=O) groups excluding carboxylic acids is 2. The van der Waals surface area contributed by atoms with Gasteiger partial charge in [-0.15, -0.1) is 0 Å². The van der Waals surface area contributed by atoms with Crippen LogP contribution in [0.3, 0.4) is 0 Å². The zero-order valence-corrected chi connectivity index (χ0v) is 19.9. The molecule has 34 heavy (non-hydrogen) atoms. The van der Waals surface area contributed by atoms with E-state index < -0.39 is 0 Å². The van der Waals surface area contributed by atoms with Crippen molar-refractivity contribution < 1.29 is 14.0 Å². The minimum atomic E-state index is -0.230. The maximum absolute atomic E-state index is 13.0. The molecule has 7 heteroatoms. The molecule has 3 aromatic heterocycles. The lowest BCUT2D eigenvalue weighted by molar-refractivity contribution is -0.136. The standard InChI is InChI=1S/C27H34N4O3/c1-2-17-31(27(33)21-8-3-4-9-21)19-23-11-7-18-30(23)20-24-12-13-25(34-24)26(32)29-16-14-22-10-5-6-15-28-22/h5-7,10-13,15,18,21H,2-4,8-9,14,16-17,19-20H2,1H3,(H,29,32). The molecule has 3 heterocycles. The molecule has 0 saturated heterocycles. The van der Waals surface area contributed by atoms with Crippen molar-refractivity contribution in [2.45, 2.75) is 58.5 Å². The quantitative estimate of drug-likeness (QED) is 0.457. The Morgan fingerprint density at radius 1 is 1.15 bits per heavy atom. The summed E-state index contributed by atoms with van der Waals surface area (Å²) in [4.78, 5) is 31.8. The van der Waals surface area contributed by atoms with Gasteiger partial charge in [-0.25, -0.2) is 0 Å². The Morgan fingerprint density at radius 3 is 2.76 bits per heavy atom. The van der Waals surface area contributed by atoms with E-state index in [1.807, 2.05) is 41.4 Å². The van der Waals surface area contributed by atoms with Crippen molar-refractivity contribution in [3.05, 3.63) is 77.8 Å². The minimum Gasteiger partial charge on any atom is -0.454 e. The Labute approximate surface area is 201 Å². The summed E-state index contributed by atoms with van der Waals surface area (Å²) in [5, 5.41) is 2.89. The smallest absolute Gasteiger partial charge is 0.287 e. The van der Waals surface area contributed by atoms with E-state index in [4.69, 9.17) is 4.42 Å². The first-order valence-electron chi connectivity index (χ1n) is 12.3. The molecule has 3 aromatic rings. The Hall–Kier alpha value is -3.35. The van der Waals surface area contributed by atoms with Crippen molar-refractivity contribution in [2.24, 2.45) is 5.92 Å². The normalized spacial score (nSPS) is 13.8. The number of carbonyl (C=O) groups is 2. The average Bonchev–Trinajstić information content (AvgIpc) is 3.62. The van der Waals surface area contributed by atoms with Gasteiger partial charge in [0.2, 0.25) is 5.91 Å². The second kappa shape index (κ2) is 11.7. The number of amides is 2. The first-order valence-corrected chi connectivity index (χ1v) is 12.3. The lowest BCUT2D eigenvalue weighted by Gasteiger charge is -2.26. The van der Waals surface area contributed by atoms with Crippen molar-refractivity contribution in [3.8, 4) is 0 Å². The molecular weight excluding hydrogens is 428 g/mol. The maximum atomic E-state index is 13.0. The molecule has 0 spiro atoms. The van der Waals surface area contributed by atoms with Crippen LogP contribution in [0, 0.1) is 5.92 Å². The van der Waals surface area contributed by atoms with Crippen LogP contribution in [0.2, 0.25) is 0 Å².